The molecule has 26 heavy (non-hydrogen) atoms. The van der Waals surface area contributed by atoms with Gasteiger partial charge in [0.25, 0.3) is 0 Å². The summed E-state index contributed by atoms with van der Waals surface area (Å²) in [5.74, 6) is -0.165. The zero-order valence-electron chi connectivity index (χ0n) is 15.3. The Balaban J connectivity index is 1.95. The molecule has 1 heterocycles. The van der Waals surface area contributed by atoms with Crippen LogP contribution in [0, 0.1) is 19.7 Å². The molecule has 0 amide bonds. The van der Waals surface area contributed by atoms with Crippen LogP contribution in [0.1, 0.15) is 11.1 Å². The largest absolute Gasteiger partial charge is 0.212 e. The Labute approximate surface area is 153 Å². The molecule has 0 radical (unpaired) electrons. The van der Waals surface area contributed by atoms with Gasteiger partial charge >= 0.3 is 0 Å². The summed E-state index contributed by atoms with van der Waals surface area (Å²) < 4.78 is 15.9. The van der Waals surface area contributed by atoms with Gasteiger partial charge in [-0.1, -0.05) is 24.3 Å². The highest BCUT2D eigenvalue weighted by atomic mass is 19.1. The summed E-state index contributed by atoms with van der Waals surface area (Å²) in [7, 11) is 2.06. The SMILES string of the molecule is Cc1cc(-c2c(C)cccc2-c2ccc3c(ccc[n+]3C)c2)ccc1F. The van der Waals surface area contributed by atoms with Crippen LogP contribution in [0.25, 0.3) is 33.2 Å². The average Bonchev–Trinajstić information content (AvgIpc) is 2.64. The molecule has 128 valence electrons. The van der Waals surface area contributed by atoms with Crippen LogP contribution in [0.5, 0.6) is 0 Å². The molecule has 2 heteroatoms. The number of hydrogen-bond donors (Lipinski definition) is 0. The maximum atomic E-state index is 13.7. The van der Waals surface area contributed by atoms with E-state index in [1.54, 1.807) is 6.07 Å². The van der Waals surface area contributed by atoms with E-state index in [0.29, 0.717) is 5.56 Å². The molecule has 0 unspecified atom stereocenters. The molecule has 0 atom stereocenters. The van der Waals surface area contributed by atoms with Crippen molar-refractivity contribution in [3.63, 3.8) is 0 Å². The molecule has 1 nitrogen and oxygen atoms in total. The van der Waals surface area contributed by atoms with E-state index >= 15 is 0 Å². The summed E-state index contributed by atoms with van der Waals surface area (Å²) in [4.78, 5) is 0. The van der Waals surface area contributed by atoms with Gasteiger partial charge in [0, 0.05) is 17.5 Å². The molecule has 0 saturated heterocycles. The van der Waals surface area contributed by atoms with Gasteiger partial charge in [-0.25, -0.2) is 8.96 Å². The molecule has 4 rings (SSSR count). The molecule has 4 aromatic rings. The van der Waals surface area contributed by atoms with Gasteiger partial charge in [-0.3, -0.25) is 0 Å². The maximum absolute atomic E-state index is 13.7. The van der Waals surface area contributed by atoms with Crippen LogP contribution in [0.15, 0.2) is 72.9 Å². The molecule has 0 aliphatic heterocycles. The van der Waals surface area contributed by atoms with Crippen LogP contribution in [-0.2, 0) is 7.05 Å². The Morgan fingerprint density at radius 2 is 1.58 bits per heavy atom. The van der Waals surface area contributed by atoms with E-state index in [4.69, 9.17) is 0 Å². The van der Waals surface area contributed by atoms with Crippen LogP contribution in [0.3, 0.4) is 0 Å². The quantitative estimate of drug-likeness (QED) is 0.408. The zero-order valence-corrected chi connectivity index (χ0v) is 15.3. The van der Waals surface area contributed by atoms with Gasteiger partial charge in [-0.15, -0.1) is 0 Å². The van der Waals surface area contributed by atoms with Gasteiger partial charge in [-0.2, -0.15) is 0 Å². The van der Waals surface area contributed by atoms with Crippen molar-refractivity contribution in [2.24, 2.45) is 7.05 Å². The summed E-state index contributed by atoms with van der Waals surface area (Å²) >= 11 is 0. The third kappa shape index (κ3) is 2.78. The molecule has 0 N–H and O–H groups in total. The third-order valence-corrected chi connectivity index (χ3v) is 5.02. The smallest absolute Gasteiger partial charge is 0.207 e. The van der Waals surface area contributed by atoms with E-state index in [2.05, 4.69) is 73.3 Å². The van der Waals surface area contributed by atoms with Crippen molar-refractivity contribution >= 4 is 10.9 Å². The standard InChI is InChI=1S/C24H21FN/c1-16-6-4-8-21(24(16)20-9-11-22(25)17(2)14-20)18-10-12-23-19(15-18)7-5-13-26(23)3/h4-15H,1-3H3/q+1. The van der Waals surface area contributed by atoms with Gasteiger partial charge in [0.2, 0.25) is 5.52 Å². The molecular formula is C24H21FN+. The van der Waals surface area contributed by atoms with Crippen molar-refractivity contribution in [2.75, 3.05) is 0 Å². The highest BCUT2D eigenvalue weighted by Crippen LogP contribution is 2.36. The van der Waals surface area contributed by atoms with Crippen LogP contribution < -0.4 is 4.57 Å². The number of fused-ring (bicyclic) bond motifs is 1. The van der Waals surface area contributed by atoms with Crippen molar-refractivity contribution in [2.45, 2.75) is 13.8 Å². The van der Waals surface area contributed by atoms with Gasteiger partial charge in [0.05, 0.1) is 0 Å². The minimum absolute atomic E-state index is 0.165. The van der Waals surface area contributed by atoms with Crippen molar-refractivity contribution in [1.29, 1.82) is 0 Å². The lowest BCUT2D eigenvalue weighted by Gasteiger charge is -2.14. The van der Waals surface area contributed by atoms with Crippen LogP contribution in [0.2, 0.25) is 0 Å². The number of aromatic nitrogens is 1. The molecule has 0 spiro atoms. The lowest BCUT2D eigenvalue weighted by molar-refractivity contribution is -0.644. The average molecular weight is 342 g/mol. The van der Waals surface area contributed by atoms with Gasteiger partial charge in [-0.05, 0) is 77.6 Å². The summed E-state index contributed by atoms with van der Waals surface area (Å²) in [6.07, 6.45) is 2.06. The normalized spacial score (nSPS) is 11.1. The predicted octanol–water partition coefficient (Wildman–Crippen LogP) is 5.75. The summed E-state index contributed by atoms with van der Waals surface area (Å²) in [5.41, 5.74) is 7.61. The monoisotopic (exact) mass is 342 g/mol. The second kappa shape index (κ2) is 6.38. The van der Waals surface area contributed by atoms with E-state index in [9.17, 15) is 4.39 Å². The highest BCUT2D eigenvalue weighted by molar-refractivity contribution is 5.90. The number of hydrogen-bond acceptors (Lipinski definition) is 0. The van der Waals surface area contributed by atoms with Crippen molar-refractivity contribution in [1.82, 2.24) is 0 Å². The number of nitrogens with zero attached hydrogens (tertiary/aromatic N) is 1. The predicted molar refractivity (Wildman–Crippen MR) is 105 cm³/mol. The molecule has 0 aliphatic rings. The number of halogens is 1. The van der Waals surface area contributed by atoms with E-state index in [0.717, 1.165) is 11.1 Å². The lowest BCUT2D eigenvalue weighted by Crippen LogP contribution is -2.27. The fourth-order valence-corrected chi connectivity index (χ4v) is 3.62. The van der Waals surface area contributed by atoms with E-state index in [1.807, 2.05) is 19.1 Å². The summed E-state index contributed by atoms with van der Waals surface area (Å²) in [6.45, 7) is 3.92. The van der Waals surface area contributed by atoms with Crippen molar-refractivity contribution < 1.29 is 8.96 Å². The second-order valence-corrected chi connectivity index (χ2v) is 6.85. The van der Waals surface area contributed by atoms with Crippen LogP contribution in [0.4, 0.5) is 4.39 Å². The Morgan fingerprint density at radius 1 is 0.769 bits per heavy atom. The lowest BCUT2D eigenvalue weighted by atomic mass is 9.90. The Morgan fingerprint density at radius 3 is 2.38 bits per heavy atom. The second-order valence-electron chi connectivity index (χ2n) is 6.85. The summed E-state index contributed by atoms with van der Waals surface area (Å²) in [6, 6.07) is 22.4. The van der Waals surface area contributed by atoms with Crippen molar-refractivity contribution in [3.05, 3.63) is 89.9 Å². The minimum atomic E-state index is -0.165. The first-order valence-electron chi connectivity index (χ1n) is 8.79. The van der Waals surface area contributed by atoms with E-state index < -0.39 is 0 Å². The van der Waals surface area contributed by atoms with Crippen LogP contribution in [-0.4, -0.2) is 0 Å². The van der Waals surface area contributed by atoms with Gasteiger partial charge in [0.1, 0.15) is 12.9 Å². The van der Waals surface area contributed by atoms with E-state index in [1.165, 1.54) is 27.6 Å². The molecule has 0 aliphatic carbocycles. The molecule has 1 aromatic heterocycles. The molecular weight excluding hydrogens is 321 g/mol. The third-order valence-electron chi connectivity index (χ3n) is 5.02. The molecule has 0 saturated carbocycles. The van der Waals surface area contributed by atoms with Gasteiger partial charge in [0.15, 0.2) is 6.20 Å². The number of pyridine rings is 1. The minimum Gasteiger partial charge on any atom is -0.207 e. The van der Waals surface area contributed by atoms with E-state index in [-0.39, 0.29) is 5.82 Å². The first kappa shape index (κ1) is 16.5. The molecule has 0 bridgehead atoms. The fourth-order valence-electron chi connectivity index (χ4n) is 3.62. The zero-order chi connectivity index (χ0) is 18.3. The van der Waals surface area contributed by atoms with Crippen LogP contribution >= 0.6 is 0 Å². The first-order valence-corrected chi connectivity index (χ1v) is 8.79. The molecule has 3 aromatic carbocycles. The summed E-state index contributed by atoms with van der Waals surface area (Å²) in [5, 5.41) is 1.20. The fraction of sp³-hybridized carbons (Fsp3) is 0.125. The first-order chi connectivity index (χ1) is 12.5. The van der Waals surface area contributed by atoms with Gasteiger partial charge < -0.3 is 0 Å². The Kier molecular flexibility index (Phi) is 4.04. The number of rotatable bonds is 2. The maximum Gasteiger partial charge on any atom is 0.212 e. The number of aryl methyl sites for hydroxylation is 3. The Hall–Kier alpha value is -3.00. The van der Waals surface area contributed by atoms with Crippen molar-refractivity contribution in [3.8, 4) is 22.3 Å². The molecule has 0 fully saturated rings. The topological polar surface area (TPSA) is 3.88 Å². The number of benzene rings is 3. The highest BCUT2D eigenvalue weighted by Gasteiger charge is 2.13. The Bertz CT molecular complexity index is 1130.